The fourth-order valence-corrected chi connectivity index (χ4v) is 3.48. The van der Waals surface area contributed by atoms with Crippen molar-refractivity contribution in [2.24, 2.45) is 0 Å². The van der Waals surface area contributed by atoms with E-state index in [0.29, 0.717) is 23.3 Å². The van der Waals surface area contributed by atoms with E-state index in [0.717, 1.165) is 10.8 Å². The van der Waals surface area contributed by atoms with Crippen LogP contribution in [0.3, 0.4) is 0 Å². The van der Waals surface area contributed by atoms with E-state index < -0.39 is 10.8 Å². The zero-order valence-electron chi connectivity index (χ0n) is 14.5. The second-order valence-corrected chi connectivity index (χ2v) is 6.21. The molecule has 1 N–H and O–H groups in total. The van der Waals surface area contributed by atoms with Gasteiger partial charge in [-0.1, -0.05) is 48.5 Å². The van der Waals surface area contributed by atoms with Gasteiger partial charge in [0.25, 0.3) is 5.69 Å². The number of carbonyl (C=O) groups excluding carboxylic acids is 1. The van der Waals surface area contributed by atoms with Gasteiger partial charge in [-0.2, -0.15) is 5.26 Å². The predicted octanol–water partition coefficient (Wildman–Crippen LogP) is 3.75. The van der Waals surface area contributed by atoms with Gasteiger partial charge in [-0.15, -0.1) is 0 Å². The molecule has 1 aliphatic rings. The summed E-state index contributed by atoms with van der Waals surface area (Å²) in [5.74, 6) is -0.0727. The molecule has 136 valence electrons. The van der Waals surface area contributed by atoms with Crippen molar-refractivity contribution in [1.82, 2.24) is 5.32 Å². The lowest BCUT2D eigenvalue weighted by Crippen LogP contribution is -2.25. The fourth-order valence-electron chi connectivity index (χ4n) is 3.48. The zero-order valence-corrected chi connectivity index (χ0v) is 14.5. The number of allylic oxidation sites excluding steroid dienone is 1. The Balaban J connectivity index is 2.01. The third-order valence-corrected chi connectivity index (χ3v) is 4.68. The first kappa shape index (κ1) is 17.2. The van der Waals surface area contributed by atoms with Crippen molar-refractivity contribution in [3.63, 3.8) is 0 Å². The van der Waals surface area contributed by atoms with E-state index in [-0.39, 0.29) is 17.1 Å². The molecule has 1 atom stereocenters. The van der Waals surface area contributed by atoms with Gasteiger partial charge in [0.1, 0.15) is 17.4 Å². The van der Waals surface area contributed by atoms with Gasteiger partial charge >= 0.3 is 0 Å². The van der Waals surface area contributed by atoms with Crippen LogP contribution >= 0.6 is 0 Å². The molecule has 0 radical (unpaired) electrons. The van der Waals surface area contributed by atoms with E-state index in [2.05, 4.69) is 11.4 Å². The van der Waals surface area contributed by atoms with Crippen molar-refractivity contribution >= 4 is 22.9 Å². The van der Waals surface area contributed by atoms with E-state index in [1.165, 1.54) is 12.1 Å². The highest BCUT2D eigenvalue weighted by Gasteiger charge is 2.33. The molecule has 1 unspecified atom stereocenters. The Hall–Kier alpha value is -4.18. The quantitative estimate of drug-likeness (QED) is 0.427. The van der Waals surface area contributed by atoms with Gasteiger partial charge in [-0.25, -0.2) is 0 Å². The summed E-state index contributed by atoms with van der Waals surface area (Å²) in [5.41, 5.74) is 1.37. The second-order valence-electron chi connectivity index (χ2n) is 6.21. The first-order valence-electron chi connectivity index (χ1n) is 8.42. The summed E-state index contributed by atoms with van der Waals surface area (Å²) in [6.45, 7) is 0. The number of nitro benzene ring substituents is 1. The molecule has 0 saturated heterocycles. The number of nitriles is 1. The van der Waals surface area contributed by atoms with Gasteiger partial charge in [0.05, 0.1) is 10.8 Å². The number of nitrogens with zero attached hydrogens (tertiary/aromatic N) is 2. The minimum Gasteiger partial charge on any atom is -0.439 e. The van der Waals surface area contributed by atoms with Crippen LogP contribution in [0.25, 0.3) is 10.8 Å². The van der Waals surface area contributed by atoms with E-state index in [1.807, 2.05) is 36.4 Å². The monoisotopic (exact) mass is 371 g/mol. The van der Waals surface area contributed by atoms with Crippen molar-refractivity contribution in [3.8, 4) is 11.8 Å². The van der Waals surface area contributed by atoms with Crippen LogP contribution in [0.2, 0.25) is 0 Å². The van der Waals surface area contributed by atoms with Crippen LogP contribution in [-0.4, -0.2) is 11.3 Å². The van der Waals surface area contributed by atoms with Gasteiger partial charge in [0, 0.05) is 23.1 Å². The van der Waals surface area contributed by atoms with Gasteiger partial charge in [-0.3, -0.25) is 20.2 Å². The minimum absolute atomic E-state index is 0.0258. The van der Waals surface area contributed by atoms with E-state index in [4.69, 9.17) is 4.74 Å². The Bertz CT molecular complexity index is 1190. The molecule has 1 amide bonds. The number of nitro groups is 1. The SMILES string of the molecule is N#CC1=C(NC=O)Oc2c(ccc3ccccc23)C1c1cccc([N+](=O)[O-])c1. The normalized spacial score (nSPS) is 15.3. The number of hydrogen-bond acceptors (Lipinski definition) is 5. The smallest absolute Gasteiger partial charge is 0.269 e. The Morgan fingerprint density at radius 3 is 2.71 bits per heavy atom. The Kier molecular flexibility index (Phi) is 4.22. The summed E-state index contributed by atoms with van der Waals surface area (Å²) >= 11 is 0. The topological polar surface area (TPSA) is 105 Å². The van der Waals surface area contributed by atoms with Crippen LogP contribution in [-0.2, 0) is 4.79 Å². The summed E-state index contributed by atoms with van der Waals surface area (Å²) in [7, 11) is 0. The maximum absolute atomic E-state index is 11.2. The van der Waals surface area contributed by atoms with Crippen LogP contribution in [0, 0.1) is 21.4 Å². The molecule has 0 aromatic heterocycles. The molecule has 0 aliphatic carbocycles. The average Bonchev–Trinajstić information content (AvgIpc) is 2.73. The largest absolute Gasteiger partial charge is 0.439 e. The predicted molar refractivity (Wildman–Crippen MR) is 101 cm³/mol. The highest BCUT2D eigenvalue weighted by atomic mass is 16.6. The molecule has 7 heteroatoms. The summed E-state index contributed by atoms with van der Waals surface area (Å²) in [4.78, 5) is 21.8. The van der Waals surface area contributed by atoms with Crippen LogP contribution in [0.15, 0.2) is 72.1 Å². The first-order chi connectivity index (χ1) is 13.6. The van der Waals surface area contributed by atoms with Crippen molar-refractivity contribution in [2.75, 3.05) is 0 Å². The van der Waals surface area contributed by atoms with Crippen LogP contribution in [0.4, 0.5) is 5.69 Å². The lowest BCUT2D eigenvalue weighted by molar-refractivity contribution is -0.384. The highest BCUT2D eigenvalue weighted by molar-refractivity contribution is 5.91. The van der Waals surface area contributed by atoms with Crippen molar-refractivity contribution in [2.45, 2.75) is 5.92 Å². The lowest BCUT2D eigenvalue weighted by Gasteiger charge is -2.28. The summed E-state index contributed by atoms with van der Waals surface area (Å²) in [6, 6.07) is 19.5. The molecular formula is C21H13N3O4. The Labute approximate surface area is 159 Å². The molecule has 28 heavy (non-hydrogen) atoms. The van der Waals surface area contributed by atoms with Gasteiger partial charge in [0.2, 0.25) is 12.3 Å². The summed E-state index contributed by atoms with van der Waals surface area (Å²) in [5, 5.41) is 25.2. The molecule has 0 fully saturated rings. The molecule has 1 aliphatic heterocycles. The van der Waals surface area contributed by atoms with Gasteiger partial charge < -0.3 is 4.74 Å². The molecule has 3 aromatic rings. The number of nitrogens with one attached hydrogen (secondary N) is 1. The standard InChI is InChI=1S/C21H13N3O4/c22-11-18-19(14-5-3-6-15(10-14)24(26)27)17-9-8-13-4-1-2-7-16(13)20(17)28-21(18)23-12-25/h1-10,12,19H,(H,23,25). The van der Waals surface area contributed by atoms with E-state index in [9.17, 15) is 20.2 Å². The Morgan fingerprint density at radius 2 is 1.96 bits per heavy atom. The van der Waals surface area contributed by atoms with Crippen LogP contribution in [0.5, 0.6) is 5.75 Å². The number of ether oxygens (including phenoxy) is 1. The Morgan fingerprint density at radius 1 is 1.14 bits per heavy atom. The fraction of sp³-hybridized carbons (Fsp3) is 0.0476. The average molecular weight is 371 g/mol. The second kappa shape index (κ2) is 6.85. The number of hydrogen-bond donors (Lipinski definition) is 1. The maximum Gasteiger partial charge on any atom is 0.269 e. The molecule has 4 rings (SSSR count). The van der Waals surface area contributed by atoms with Crippen molar-refractivity contribution < 1.29 is 14.5 Å². The van der Waals surface area contributed by atoms with Crippen LogP contribution < -0.4 is 10.1 Å². The maximum atomic E-state index is 11.2. The zero-order chi connectivity index (χ0) is 19.7. The van der Waals surface area contributed by atoms with E-state index in [1.54, 1.807) is 12.1 Å². The van der Waals surface area contributed by atoms with Crippen LogP contribution in [0.1, 0.15) is 17.0 Å². The third-order valence-electron chi connectivity index (χ3n) is 4.68. The molecule has 3 aromatic carbocycles. The van der Waals surface area contributed by atoms with E-state index >= 15 is 0 Å². The number of amides is 1. The van der Waals surface area contributed by atoms with Gasteiger partial charge in [-0.05, 0) is 10.9 Å². The van der Waals surface area contributed by atoms with Crippen molar-refractivity contribution in [3.05, 3.63) is 93.4 Å². The number of non-ortho nitro benzene ring substituents is 1. The number of carbonyl (C=O) groups is 1. The molecule has 1 heterocycles. The molecule has 0 spiro atoms. The molecule has 7 nitrogen and oxygen atoms in total. The lowest BCUT2D eigenvalue weighted by atomic mass is 9.82. The molecule has 0 saturated carbocycles. The van der Waals surface area contributed by atoms with Gasteiger partial charge in [0.15, 0.2) is 0 Å². The summed E-state index contributed by atoms with van der Waals surface area (Å²) < 4.78 is 5.90. The number of benzene rings is 3. The van der Waals surface area contributed by atoms with Crippen molar-refractivity contribution in [1.29, 1.82) is 5.26 Å². The number of fused-ring (bicyclic) bond motifs is 3. The third kappa shape index (κ3) is 2.73. The summed E-state index contributed by atoms with van der Waals surface area (Å²) in [6.07, 6.45) is 0.438. The number of rotatable bonds is 4. The minimum atomic E-state index is -0.610. The molecular weight excluding hydrogens is 358 g/mol. The first-order valence-corrected chi connectivity index (χ1v) is 8.42. The molecule has 0 bridgehead atoms. The highest BCUT2D eigenvalue weighted by Crippen LogP contribution is 2.46.